The predicted octanol–water partition coefficient (Wildman–Crippen LogP) is 15.6. The molecule has 0 aliphatic carbocycles. The van der Waals surface area contributed by atoms with Gasteiger partial charge in [0, 0.05) is 45.3 Å². The van der Waals surface area contributed by atoms with E-state index in [-0.39, 0.29) is 0 Å². The number of aromatic nitrogens is 1. The van der Waals surface area contributed by atoms with E-state index in [0.29, 0.717) is 0 Å². The maximum absolute atomic E-state index is 2.43. The van der Waals surface area contributed by atoms with Gasteiger partial charge in [-0.2, -0.15) is 0 Å². The van der Waals surface area contributed by atoms with Crippen LogP contribution in [0.2, 0.25) is 0 Å². The van der Waals surface area contributed by atoms with E-state index in [4.69, 9.17) is 0 Å². The SMILES string of the molecule is CCn1c2ccccc2c2c(-c3cccc(-c4ccccc4N(c4ccc(-c5ccccc5)cc4)c4ccc(-c5ccc(-c6ccccc6)cc5)cc4)c3)cccc21. The van der Waals surface area contributed by atoms with Crippen LogP contribution in [0.5, 0.6) is 0 Å². The molecule has 0 saturated carbocycles. The van der Waals surface area contributed by atoms with Gasteiger partial charge in [-0.25, -0.2) is 0 Å². The molecule has 9 aromatic carbocycles. The van der Waals surface area contributed by atoms with Gasteiger partial charge in [-0.15, -0.1) is 0 Å². The minimum absolute atomic E-state index is 0.921. The highest BCUT2D eigenvalue weighted by Gasteiger charge is 2.19. The molecule has 2 nitrogen and oxygen atoms in total. The number of para-hydroxylation sites is 2. The third-order valence-electron chi connectivity index (χ3n) is 11.4. The zero-order chi connectivity index (χ0) is 38.8. The van der Waals surface area contributed by atoms with Gasteiger partial charge in [-0.3, -0.25) is 0 Å². The summed E-state index contributed by atoms with van der Waals surface area (Å²) in [4.78, 5) is 2.40. The number of aryl methyl sites for hydroxylation is 1. The Morgan fingerprint density at radius 3 is 1.34 bits per heavy atom. The number of benzene rings is 9. The summed E-state index contributed by atoms with van der Waals surface area (Å²) in [5, 5.41) is 2.60. The van der Waals surface area contributed by atoms with E-state index >= 15 is 0 Å². The number of fused-ring (bicyclic) bond motifs is 3. The molecule has 0 bridgehead atoms. The Morgan fingerprint density at radius 1 is 0.345 bits per heavy atom. The van der Waals surface area contributed by atoms with E-state index in [9.17, 15) is 0 Å². The molecule has 0 N–H and O–H groups in total. The van der Waals surface area contributed by atoms with Gasteiger partial charge in [-0.1, -0.05) is 176 Å². The molecule has 0 unspecified atom stereocenters. The fourth-order valence-corrected chi connectivity index (χ4v) is 8.60. The van der Waals surface area contributed by atoms with Gasteiger partial charge in [0.1, 0.15) is 0 Å². The Kier molecular flexibility index (Phi) is 9.21. The normalized spacial score (nSPS) is 11.3. The van der Waals surface area contributed by atoms with Crippen molar-refractivity contribution in [3.8, 4) is 55.6 Å². The molecule has 0 aliphatic rings. The lowest BCUT2D eigenvalue weighted by atomic mass is 9.94. The van der Waals surface area contributed by atoms with Gasteiger partial charge < -0.3 is 9.47 Å². The second-order valence-electron chi connectivity index (χ2n) is 14.8. The molecule has 0 radical (unpaired) electrons. The Balaban J connectivity index is 1.07. The molecule has 2 heteroatoms. The second-order valence-corrected chi connectivity index (χ2v) is 14.8. The zero-order valence-electron chi connectivity index (χ0n) is 32.5. The van der Waals surface area contributed by atoms with Gasteiger partial charge >= 0.3 is 0 Å². The third-order valence-corrected chi connectivity index (χ3v) is 11.4. The van der Waals surface area contributed by atoms with Gasteiger partial charge in [0.15, 0.2) is 0 Å². The molecule has 0 atom stereocenters. The number of anilines is 3. The van der Waals surface area contributed by atoms with Crippen molar-refractivity contribution in [2.24, 2.45) is 0 Å². The van der Waals surface area contributed by atoms with Crippen LogP contribution in [0.4, 0.5) is 17.1 Å². The van der Waals surface area contributed by atoms with Crippen LogP contribution in [-0.2, 0) is 6.54 Å². The maximum Gasteiger partial charge on any atom is 0.0540 e. The van der Waals surface area contributed by atoms with Crippen molar-refractivity contribution in [3.63, 3.8) is 0 Å². The second kappa shape index (κ2) is 15.3. The summed E-state index contributed by atoms with van der Waals surface area (Å²) in [5.74, 6) is 0. The van der Waals surface area contributed by atoms with E-state index in [1.807, 2.05) is 0 Å². The minimum atomic E-state index is 0.921. The highest BCUT2D eigenvalue weighted by Crippen LogP contribution is 2.44. The molecule has 1 heterocycles. The Hall–Kier alpha value is -7.42. The van der Waals surface area contributed by atoms with Crippen molar-refractivity contribution in [2.75, 3.05) is 4.90 Å². The van der Waals surface area contributed by atoms with Crippen molar-refractivity contribution >= 4 is 38.9 Å². The summed E-state index contributed by atoms with van der Waals surface area (Å²) in [5.41, 5.74) is 17.9. The summed E-state index contributed by atoms with van der Waals surface area (Å²) in [7, 11) is 0. The molecule has 10 aromatic rings. The molecule has 0 aliphatic heterocycles. The molecular formula is C56H42N2. The van der Waals surface area contributed by atoms with Crippen molar-refractivity contribution in [1.82, 2.24) is 4.57 Å². The fourth-order valence-electron chi connectivity index (χ4n) is 8.60. The van der Waals surface area contributed by atoms with E-state index in [1.165, 1.54) is 77.4 Å². The monoisotopic (exact) mass is 742 g/mol. The topological polar surface area (TPSA) is 8.17 Å². The molecule has 10 rings (SSSR count). The fraction of sp³-hybridized carbons (Fsp3) is 0.0357. The Labute approximate surface area is 340 Å². The van der Waals surface area contributed by atoms with Crippen molar-refractivity contribution in [1.29, 1.82) is 0 Å². The largest absolute Gasteiger partial charge is 0.341 e. The first kappa shape index (κ1) is 35.0. The van der Waals surface area contributed by atoms with Gasteiger partial charge in [-0.05, 0) is 106 Å². The molecule has 0 amide bonds. The molecule has 276 valence electrons. The highest BCUT2D eigenvalue weighted by atomic mass is 15.1. The maximum atomic E-state index is 2.43. The Morgan fingerprint density at radius 2 is 0.759 bits per heavy atom. The van der Waals surface area contributed by atoms with Crippen LogP contribution in [0.1, 0.15) is 6.92 Å². The number of hydrogen-bond donors (Lipinski definition) is 0. The highest BCUT2D eigenvalue weighted by molar-refractivity contribution is 6.15. The van der Waals surface area contributed by atoms with Gasteiger partial charge in [0.25, 0.3) is 0 Å². The van der Waals surface area contributed by atoms with Crippen molar-refractivity contribution in [2.45, 2.75) is 13.5 Å². The van der Waals surface area contributed by atoms with E-state index in [1.54, 1.807) is 0 Å². The molecule has 58 heavy (non-hydrogen) atoms. The van der Waals surface area contributed by atoms with Crippen LogP contribution < -0.4 is 4.90 Å². The van der Waals surface area contributed by atoms with Gasteiger partial charge in [0.05, 0.1) is 5.69 Å². The molecule has 1 aromatic heterocycles. The summed E-state index contributed by atoms with van der Waals surface area (Å²) in [6.07, 6.45) is 0. The summed E-state index contributed by atoms with van der Waals surface area (Å²) < 4.78 is 2.43. The first-order valence-corrected chi connectivity index (χ1v) is 20.1. The summed E-state index contributed by atoms with van der Waals surface area (Å²) >= 11 is 0. The van der Waals surface area contributed by atoms with Crippen molar-refractivity contribution in [3.05, 3.63) is 224 Å². The van der Waals surface area contributed by atoms with Crippen molar-refractivity contribution < 1.29 is 0 Å². The first-order valence-electron chi connectivity index (χ1n) is 20.1. The molecule has 0 spiro atoms. The third kappa shape index (κ3) is 6.45. The van der Waals surface area contributed by atoms with E-state index in [0.717, 1.165) is 23.6 Å². The lowest BCUT2D eigenvalue weighted by Crippen LogP contribution is -2.11. The standard InChI is InChI=1S/C56H42N2/c1-2-57-53-24-11-10-22-52(53)56-51(23-14-26-55(56)57)47-20-13-19-46(39-47)50-21-9-12-25-54(50)58(48-35-31-44(32-36-48)41-17-7-4-8-18-41)49-37-33-45(34-38-49)43-29-27-42(28-30-43)40-15-5-3-6-16-40/h3-39H,2H2,1H3. The zero-order valence-corrected chi connectivity index (χ0v) is 32.5. The van der Waals surface area contributed by atoms with Crippen LogP contribution in [0.15, 0.2) is 224 Å². The van der Waals surface area contributed by atoms with E-state index < -0.39 is 0 Å². The lowest BCUT2D eigenvalue weighted by molar-refractivity contribution is 0.827. The summed E-state index contributed by atoms with van der Waals surface area (Å²) in [6, 6.07) is 81.4. The average Bonchev–Trinajstić information content (AvgIpc) is 3.64. The quantitative estimate of drug-likeness (QED) is 0.143. The molecule has 0 saturated heterocycles. The van der Waals surface area contributed by atoms with Crippen LogP contribution in [-0.4, -0.2) is 4.57 Å². The lowest BCUT2D eigenvalue weighted by Gasteiger charge is -2.28. The molecule has 0 fully saturated rings. The van der Waals surface area contributed by atoms with Crippen LogP contribution in [0.25, 0.3) is 77.4 Å². The average molecular weight is 743 g/mol. The van der Waals surface area contributed by atoms with Gasteiger partial charge in [0.2, 0.25) is 0 Å². The van der Waals surface area contributed by atoms with E-state index in [2.05, 4.69) is 241 Å². The molecular weight excluding hydrogens is 701 g/mol. The van der Waals surface area contributed by atoms with Crippen LogP contribution >= 0.6 is 0 Å². The van der Waals surface area contributed by atoms with Crippen LogP contribution in [0.3, 0.4) is 0 Å². The summed E-state index contributed by atoms with van der Waals surface area (Å²) in [6.45, 7) is 3.15. The minimum Gasteiger partial charge on any atom is -0.341 e. The first-order chi connectivity index (χ1) is 28.7. The number of rotatable bonds is 9. The number of nitrogens with zero attached hydrogens (tertiary/aromatic N) is 2. The predicted molar refractivity (Wildman–Crippen MR) is 247 cm³/mol. The van der Waals surface area contributed by atoms with Crippen LogP contribution in [0, 0.1) is 0 Å². The smallest absolute Gasteiger partial charge is 0.0540 e. The number of hydrogen-bond acceptors (Lipinski definition) is 1. The Bertz CT molecular complexity index is 3000.